The molecule has 88 valence electrons. The summed E-state index contributed by atoms with van der Waals surface area (Å²) in [6.07, 6.45) is 2.36. The first-order chi connectivity index (χ1) is 7.70. The molecule has 1 aromatic rings. The van der Waals surface area contributed by atoms with E-state index in [1.165, 1.54) is 12.0 Å². The van der Waals surface area contributed by atoms with E-state index in [-0.39, 0.29) is 0 Å². The second-order valence-electron chi connectivity index (χ2n) is 4.85. The first-order valence-electron chi connectivity index (χ1n) is 6.00. The molecule has 2 heteroatoms. The molecular formula is C14H19BrO. The number of ether oxygens (including phenoxy) is 1. The Morgan fingerprint density at radius 3 is 2.56 bits per heavy atom. The molecule has 0 aromatic heterocycles. The lowest BCUT2D eigenvalue weighted by atomic mass is 9.96. The molecule has 0 N–H and O–H groups in total. The summed E-state index contributed by atoms with van der Waals surface area (Å²) >= 11 is 3.57. The van der Waals surface area contributed by atoms with Crippen LogP contribution >= 0.6 is 15.9 Å². The summed E-state index contributed by atoms with van der Waals surface area (Å²) in [7, 11) is 0. The van der Waals surface area contributed by atoms with Crippen LogP contribution in [0.1, 0.15) is 32.3 Å². The van der Waals surface area contributed by atoms with Gasteiger partial charge in [-0.3, -0.25) is 0 Å². The second-order valence-corrected chi connectivity index (χ2v) is 5.49. The highest BCUT2D eigenvalue weighted by Crippen LogP contribution is 2.54. The molecule has 0 saturated heterocycles. The molecule has 0 aliphatic heterocycles. The summed E-state index contributed by atoms with van der Waals surface area (Å²) < 4.78 is 5.59. The van der Waals surface area contributed by atoms with E-state index in [0.717, 1.165) is 30.0 Å². The summed E-state index contributed by atoms with van der Waals surface area (Å²) in [5.74, 6) is 1.79. The van der Waals surface area contributed by atoms with Crippen LogP contribution in [0.5, 0.6) is 5.75 Å². The SMILES string of the molecule is CCCOc1ccc(C2(C)CC2CBr)cc1. The van der Waals surface area contributed by atoms with Gasteiger partial charge in [0.05, 0.1) is 6.61 Å². The fourth-order valence-electron chi connectivity index (χ4n) is 2.18. The Hall–Kier alpha value is -0.500. The van der Waals surface area contributed by atoms with Gasteiger partial charge in [-0.05, 0) is 41.9 Å². The average Bonchev–Trinajstić information content (AvgIpc) is 3.00. The minimum absolute atomic E-state index is 0.396. The van der Waals surface area contributed by atoms with Gasteiger partial charge in [0.2, 0.25) is 0 Å². The molecule has 2 unspecified atom stereocenters. The van der Waals surface area contributed by atoms with Gasteiger partial charge in [0, 0.05) is 5.33 Å². The number of benzene rings is 1. The molecule has 0 bridgehead atoms. The van der Waals surface area contributed by atoms with Crippen LogP contribution in [0.15, 0.2) is 24.3 Å². The molecule has 0 amide bonds. The van der Waals surface area contributed by atoms with Crippen molar-refractivity contribution in [2.45, 2.75) is 32.1 Å². The predicted molar refractivity (Wildman–Crippen MR) is 71.5 cm³/mol. The van der Waals surface area contributed by atoms with Crippen LogP contribution in [-0.4, -0.2) is 11.9 Å². The first kappa shape index (κ1) is 12.0. The fourth-order valence-corrected chi connectivity index (χ4v) is 3.13. The molecule has 1 aliphatic rings. The third-order valence-corrected chi connectivity index (χ3v) is 4.37. The van der Waals surface area contributed by atoms with Gasteiger partial charge in [0.15, 0.2) is 0 Å². The van der Waals surface area contributed by atoms with Crippen molar-refractivity contribution in [1.29, 1.82) is 0 Å². The predicted octanol–water partition coefficient (Wildman–Crippen LogP) is 4.15. The highest BCUT2D eigenvalue weighted by Gasteiger charge is 2.50. The Morgan fingerprint density at radius 2 is 2.06 bits per heavy atom. The Bertz CT molecular complexity index is 346. The van der Waals surface area contributed by atoms with Crippen molar-refractivity contribution in [3.63, 3.8) is 0 Å². The van der Waals surface area contributed by atoms with E-state index in [0.29, 0.717) is 5.41 Å². The maximum atomic E-state index is 5.59. The normalized spacial score (nSPS) is 27.8. The van der Waals surface area contributed by atoms with Crippen LogP contribution in [-0.2, 0) is 5.41 Å². The standard InChI is InChI=1S/C14H19BrO/c1-3-8-16-13-6-4-11(5-7-13)14(2)9-12(14)10-15/h4-7,12H,3,8-10H2,1-2H3. The quantitative estimate of drug-likeness (QED) is 0.738. The van der Waals surface area contributed by atoms with Crippen LogP contribution < -0.4 is 4.74 Å². The van der Waals surface area contributed by atoms with Crippen LogP contribution in [0, 0.1) is 5.92 Å². The summed E-state index contributed by atoms with van der Waals surface area (Å²) in [6.45, 7) is 5.28. The van der Waals surface area contributed by atoms with Crippen molar-refractivity contribution < 1.29 is 4.74 Å². The zero-order valence-corrected chi connectivity index (χ0v) is 11.6. The Labute approximate surface area is 106 Å². The van der Waals surface area contributed by atoms with Gasteiger partial charge in [-0.25, -0.2) is 0 Å². The average molecular weight is 283 g/mol. The van der Waals surface area contributed by atoms with E-state index in [1.54, 1.807) is 0 Å². The Kier molecular flexibility index (Phi) is 3.58. The van der Waals surface area contributed by atoms with Crippen molar-refractivity contribution in [1.82, 2.24) is 0 Å². The van der Waals surface area contributed by atoms with E-state index in [9.17, 15) is 0 Å². The van der Waals surface area contributed by atoms with Crippen LogP contribution in [0.2, 0.25) is 0 Å². The third-order valence-electron chi connectivity index (χ3n) is 3.58. The van der Waals surface area contributed by atoms with Crippen molar-refractivity contribution >= 4 is 15.9 Å². The molecule has 1 fully saturated rings. The minimum Gasteiger partial charge on any atom is -0.494 e. The molecule has 16 heavy (non-hydrogen) atoms. The van der Waals surface area contributed by atoms with Gasteiger partial charge in [-0.1, -0.05) is 41.9 Å². The van der Waals surface area contributed by atoms with E-state index in [4.69, 9.17) is 4.74 Å². The van der Waals surface area contributed by atoms with Gasteiger partial charge < -0.3 is 4.74 Å². The molecule has 2 atom stereocenters. The minimum atomic E-state index is 0.396. The van der Waals surface area contributed by atoms with Crippen molar-refractivity contribution in [2.75, 3.05) is 11.9 Å². The number of rotatable bonds is 5. The number of alkyl halides is 1. The second kappa shape index (κ2) is 4.79. The highest BCUT2D eigenvalue weighted by molar-refractivity contribution is 9.09. The largest absolute Gasteiger partial charge is 0.494 e. The lowest BCUT2D eigenvalue weighted by Crippen LogP contribution is -2.05. The number of hydrogen-bond acceptors (Lipinski definition) is 1. The van der Waals surface area contributed by atoms with Crippen molar-refractivity contribution in [2.24, 2.45) is 5.92 Å². The third kappa shape index (κ3) is 2.27. The van der Waals surface area contributed by atoms with Crippen LogP contribution in [0.4, 0.5) is 0 Å². The van der Waals surface area contributed by atoms with Crippen LogP contribution in [0.3, 0.4) is 0 Å². The van der Waals surface area contributed by atoms with Crippen LogP contribution in [0.25, 0.3) is 0 Å². The fraction of sp³-hybridized carbons (Fsp3) is 0.571. The zero-order valence-electron chi connectivity index (χ0n) is 10.0. The lowest BCUT2D eigenvalue weighted by molar-refractivity contribution is 0.317. The van der Waals surface area contributed by atoms with Gasteiger partial charge in [-0.2, -0.15) is 0 Å². The molecular weight excluding hydrogens is 264 g/mol. The summed E-state index contributed by atoms with van der Waals surface area (Å²) in [6, 6.07) is 8.63. The Balaban J connectivity index is 2.03. The highest BCUT2D eigenvalue weighted by atomic mass is 79.9. The molecule has 0 radical (unpaired) electrons. The molecule has 1 saturated carbocycles. The molecule has 0 heterocycles. The van der Waals surface area contributed by atoms with Gasteiger partial charge in [0.25, 0.3) is 0 Å². The smallest absolute Gasteiger partial charge is 0.119 e. The molecule has 1 aliphatic carbocycles. The molecule has 0 spiro atoms. The lowest BCUT2D eigenvalue weighted by Gasteiger charge is -2.12. The zero-order chi connectivity index (χ0) is 11.6. The topological polar surface area (TPSA) is 9.23 Å². The Morgan fingerprint density at radius 1 is 1.38 bits per heavy atom. The van der Waals surface area contributed by atoms with Crippen molar-refractivity contribution in [3.8, 4) is 5.75 Å². The number of halogens is 1. The molecule has 1 nitrogen and oxygen atoms in total. The monoisotopic (exact) mass is 282 g/mol. The number of hydrogen-bond donors (Lipinski definition) is 0. The maximum absolute atomic E-state index is 5.59. The first-order valence-corrected chi connectivity index (χ1v) is 7.12. The van der Waals surface area contributed by atoms with E-state index in [2.05, 4.69) is 54.0 Å². The van der Waals surface area contributed by atoms with Crippen molar-refractivity contribution in [3.05, 3.63) is 29.8 Å². The van der Waals surface area contributed by atoms with E-state index in [1.807, 2.05) is 0 Å². The van der Waals surface area contributed by atoms with E-state index >= 15 is 0 Å². The summed E-state index contributed by atoms with van der Waals surface area (Å²) in [5, 5.41) is 1.11. The van der Waals surface area contributed by atoms with E-state index < -0.39 is 0 Å². The summed E-state index contributed by atoms with van der Waals surface area (Å²) in [5.41, 5.74) is 1.84. The van der Waals surface area contributed by atoms with Gasteiger partial charge in [0.1, 0.15) is 5.75 Å². The molecule has 2 rings (SSSR count). The molecule has 1 aromatic carbocycles. The summed E-state index contributed by atoms with van der Waals surface area (Å²) in [4.78, 5) is 0. The van der Waals surface area contributed by atoms with Gasteiger partial charge >= 0.3 is 0 Å². The van der Waals surface area contributed by atoms with Gasteiger partial charge in [-0.15, -0.1) is 0 Å². The maximum Gasteiger partial charge on any atom is 0.119 e.